The van der Waals surface area contributed by atoms with Gasteiger partial charge in [0.05, 0.1) is 24.4 Å². The third-order valence-electron chi connectivity index (χ3n) is 5.50. The van der Waals surface area contributed by atoms with E-state index in [1.54, 1.807) is 6.21 Å². The van der Waals surface area contributed by atoms with Gasteiger partial charge in [-0.25, -0.2) is 14.6 Å². The molecule has 4 atom stereocenters. The quantitative estimate of drug-likeness (QED) is 0.180. The van der Waals surface area contributed by atoms with Crippen LogP contribution in [0.3, 0.4) is 0 Å². The van der Waals surface area contributed by atoms with Gasteiger partial charge in [-0.1, -0.05) is 12.1 Å². The molecular formula is C21H25Cl2N7O4. The number of anilines is 2. The number of halogens is 2. The second-order valence-electron chi connectivity index (χ2n) is 7.60. The fraction of sp³-hybridized carbons (Fsp3) is 0.429. The lowest BCUT2D eigenvalue weighted by molar-refractivity contribution is -0.0566. The number of aliphatic hydroxyl groups excluding tert-OH is 3. The molecule has 4 rings (SSSR count). The Labute approximate surface area is 205 Å². The predicted molar refractivity (Wildman–Crippen MR) is 130 cm³/mol. The van der Waals surface area contributed by atoms with Crippen LogP contribution in [0.5, 0.6) is 0 Å². The number of alkyl halides is 2. The largest absolute Gasteiger partial charge is 0.394 e. The van der Waals surface area contributed by atoms with Gasteiger partial charge in [0.2, 0.25) is 0 Å². The number of benzene rings is 1. The molecular weight excluding hydrogens is 485 g/mol. The van der Waals surface area contributed by atoms with E-state index in [-0.39, 0.29) is 0 Å². The fourth-order valence-corrected chi connectivity index (χ4v) is 4.14. The third kappa shape index (κ3) is 5.09. The molecule has 1 fully saturated rings. The summed E-state index contributed by atoms with van der Waals surface area (Å²) >= 11 is 11.8. The van der Waals surface area contributed by atoms with Crippen molar-refractivity contribution in [1.29, 1.82) is 0 Å². The molecule has 3 heterocycles. The summed E-state index contributed by atoms with van der Waals surface area (Å²) in [5.41, 5.74) is 5.17. The van der Waals surface area contributed by atoms with E-state index >= 15 is 0 Å². The average molecular weight is 510 g/mol. The summed E-state index contributed by atoms with van der Waals surface area (Å²) in [6, 6.07) is 7.83. The van der Waals surface area contributed by atoms with E-state index in [0.717, 1.165) is 11.3 Å². The molecule has 34 heavy (non-hydrogen) atoms. The van der Waals surface area contributed by atoms with Gasteiger partial charge in [-0.15, -0.1) is 23.2 Å². The van der Waals surface area contributed by atoms with Crippen LogP contribution in [0.4, 0.5) is 11.5 Å². The van der Waals surface area contributed by atoms with Crippen LogP contribution >= 0.6 is 23.2 Å². The van der Waals surface area contributed by atoms with Crippen molar-refractivity contribution in [3.8, 4) is 0 Å². The van der Waals surface area contributed by atoms with Crippen molar-refractivity contribution in [3.05, 3.63) is 42.4 Å². The standard InChI is InChI=1S/C21H25Cl2N7O4/c22-5-7-29(8-6-23)14-3-1-13(2-4-14)9-26-28-19-15-10-27-30(20(15)25-12-24-19)21-18(33)17(32)16(11-31)34-21/h1-4,9-10,12,16-18,21,31-33H,5-8,11H2,(H,24,25,28)/b26-9+/t16-,17-,18-,21?/m1/s1. The Morgan fingerprint density at radius 2 is 1.85 bits per heavy atom. The maximum atomic E-state index is 10.3. The van der Waals surface area contributed by atoms with Gasteiger partial charge in [-0.05, 0) is 17.7 Å². The van der Waals surface area contributed by atoms with Crippen molar-refractivity contribution in [3.63, 3.8) is 0 Å². The summed E-state index contributed by atoms with van der Waals surface area (Å²) in [5, 5.41) is 38.7. The predicted octanol–water partition coefficient (Wildman–Crippen LogP) is 1.17. The van der Waals surface area contributed by atoms with Crippen LogP contribution in [0.1, 0.15) is 11.8 Å². The molecule has 1 unspecified atom stereocenters. The first-order chi connectivity index (χ1) is 16.6. The fourth-order valence-electron chi connectivity index (χ4n) is 3.73. The molecule has 0 saturated carbocycles. The highest BCUT2D eigenvalue weighted by Crippen LogP contribution is 2.31. The van der Waals surface area contributed by atoms with E-state index < -0.39 is 31.1 Å². The maximum absolute atomic E-state index is 10.3. The van der Waals surface area contributed by atoms with Gasteiger partial charge in [-0.3, -0.25) is 5.43 Å². The number of hydrazone groups is 1. The maximum Gasteiger partial charge on any atom is 0.181 e. The van der Waals surface area contributed by atoms with Crippen molar-refractivity contribution in [2.45, 2.75) is 24.5 Å². The van der Waals surface area contributed by atoms with Crippen molar-refractivity contribution >= 4 is 52.0 Å². The first kappa shape index (κ1) is 24.6. The molecule has 11 nitrogen and oxygen atoms in total. The van der Waals surface area contributed by atoms with Crippen LogP contribution in [0.2, 0.25) is 0 Å². The molecule has 0 spiro atoms. The molecule has 1 aliphatic rings. The Hall–Kier alpha value is -2.54. The van der Waals surface area contributed by atoms with Gasteiger partial charge >= 0.3 is 0 Å². The van der Waals surface area contributed by atoms with Crippen molar-refractivity contribution in [2.75, 3.05) is 41.8 Å². The molecule has 0 amide bonds. The zero-order valence-corrected chi connectivity index (χ0v) is 19.6. The zero-order valence-electron chi connectivity index (χ0n) is 18.1. The van der Waals surface area contributed by atoms with Crippen LogP contribution in [0.15, 0.2) is 41.9 Å². The topological polar surface area (TPSA) is 141 Å². The van der Waals surface area contributed by atoms with Crippen LogP contribution in [0.25, 0.3) is 11.0 Å². The minimum Gasteiger partial charge on any atom is -0.394 e. The van der Waals surface area contributed by atoms with Crippen LogP contribution in [-0.4, -0.2) is 91.1 Å². The summed E-state index contributed by atoms with van der Waals surface area (Å²) in [6.07, 6.45) is 0.0921. The Bertz CT molecular complexity index is 1110. The Kier molecular flexibility index (Phi) is 8.14. The van der Waals surface area contributed by atoms with Crippen LogP contribution in [-0.2, 0) is 4.74 Å². The minimum absolute atomic E-state index is 0.380. The number of nitrogens with zero attached hydrogens (tertiary/aromatic N) is 6. The molecule has 3 aromatic rings. The first-order valence-electron chi connectivity index (χ1n) is 10.6. The van der Waals surface area contributed by atoms with Gasteiger partial charge in [0.25, 0.3) is 0 Å². The lowest BCUT2D eigenvalue weighted by Gasteiger charge is -2.22. The molecule has 1 saturated heterocycles. The molecule has 0 radical (unpaired) electrons. The van der Waals surface area contributed by atoms with Gasteiger partial charge in [-0.2, -0.15) is 10.2 Å². The summed E-state index contributed by atoms with van der Waals surface area (Å²) in [6.45, 7) is 0.995. The highest BCUT2D eigenvalue weighted by atomic mass is 35.5. The summed E-state index contributed by atoms with van der Waals surface area (Å²) < 4.78 is 6.89. The number of hydrogen-bond donors (Lipinski definition) is 4. The number of aromatic nitrogens is 4. The van der Waals surface area contributed by atoms with Gasteiger partial charge in [0.1, 0.15) is 24.6 Å². The summed E-state index contributed by atoms with van der Waals surface area (Å²) in [5.74, 6) is 1.44. The molecule has 1 aromatic carbocycles. The van der Waals surface area contributed by atoms with Crippen molar-refractivity contribution in [2.24, 2.45) is 5.10 Å². The molecule has 4 N–H and O–H groups in total. The zero-order chi connectivity index (χ0) is 24.1. The highest BCUT2D eigenvalue weighted by Gasteiger charge is 2.44. The lowest BCUT2D eigenvalue weighted by atomic mass is 10.1. The lowest BCUT2D eigenvalue weighted by Crippen LogP contribution is -2.33. The number of nitrogens with one attached hydrogen (secondary N) is 1. The van der Waals surface area contributed by atoms with Gasteiger partial charge in [0, 0.05) is 30.5 Å². The Morgan fingerprint density at radius 3 is 2.50 bits per heavy atom. The van der Waals surface area contributed by atoms with Crippen molar-refractivity contribution in [1.82, 2.24) is 19.7 Å². The summed E-state index contributed by atoms with van der Waals surface area (Å²) in [7, 11) is 0. The third-order valence-corrected chi connectivity index (χ3v) is 5.84. The molecule has 2 aromatic heterocycles. The monoisotopic (exact) mass is 509 g/mol. The molecule has 13 heteroatoms. The van der Waals surface area contributed by atoms with Crippen LogP contribution in [0, 0.1) is 0 Å². The van der Waals surface area contributed by atoms with E-state index in [1.807, 2.05) is 24.3 Å². The van der Waals surface area contributed by atoms with Crippen molar-refractivity contribution < 1.29 is 20.1 Å². The normalized spacial score (nSPS) is 22.6. The number of ether oxygens (including phenoxy) is 1. The van der Waals surface area contributed by atoms with Gasteiger partial charge in [0.15, 0.2) is 17.7 Å². The number of fused-ring (bicyclic) bond motifs is 1. The average Bonchev–Trinajstić information content (AvgIpc) is 3.40. The highest BCUT2D eigenvalue weighted by molar-refractivity contribution is 6.18. The van der Waals surface area contributed by atoms with E-state index in [2.05, 4.69) is 30.5 Å². The number of hydrogen-bond acceptors (Lipinski definition) is 10. The van der Waals surface area contributed by atoms with E-state index in [0.29, 0.717) is 41.7 Å². The number of rotatable bonds is 10. The SMILES string of the molecule is OC[C@H]1OC(n2ncc3c(N/N=C/c4ccc(N(CCCl)CCCl)cc4)ncnc32)[C@H](O)[C@@H]1O. The Morgan fingerprint density at radius 1 is 1.12 bits per heavy atom. The second-order valence-corrected chi connectivity index (χ2v) is 8.36. The summed E-state index contributed by atoms with van der Waals surface area (Å²) in [4.78, 5) is 10.5. The molecule has 182 valence electrons. The molecule has 1 aliphatic heterocycles. The number of aliphatic hydroxyl groups is 3. The molecule has 0 bridgehead atoms. The van der Waals surface area contributed by atoms with E-state index in [4.69, 9.17) is 27.9 Å². The Balaban J connectivity index is 1.47. The molecule has 0 aliphatic carbocycles. The first-order valence-corrected chi connectivity index (χ1v) is 11.7. The second kappa shape index (κ2) is 11.3. The van der Waals surface area contributed by atoms with E-state index in [9.17, 15) is 15.3 Å². The van der Waals surface area contributed by atoms with E-state index in [1.165, 1.54) is 17.2 Å². The van der Waals surface area contributed by atoms with Gasteiger partial charge < -0.3 is 25.0 Å². The smallest absolute Gasteiger partial charge is 0.181 e. The minimum atomic E-state index is -1.27. The van der Waals surface area contributed by atoms with Crippen LogP contribution < -0.4 is 10.3 Å².